The SMILES string of the molecule is COC(=O)c1ccc(-c2onc(C)c2C(=O)O)cc1. The Bertz CT molecular complexity index is 627. The highest BCUT2D eigenvalue weighted by molar-refractivity contribution is 5.96. The monoisotopic (exact) mass is 261 g/mol. The maximum atomic E-state index is 11.3. The van der Waals surface area contributed by atoms with Crippen LogP contribution in [-0.2, 0) is 4.74 Å². The number of hydrogen-bond donors (Lipinski definition) is 1. The normalized spacial score (nSPS) is 10.2. The average molecular weight is 261 g/mol. The maximum absolute atomic E-state index is 11.3. The predicted molar refractivity (Wildman–Crippen MR) is 65.0 cm³/mol. The molecule has 98 valence electrons. The summed E-state index contributed by atoms with van der Waals surface area (Å²) in [7, 11) is 1.29. The van der Waals surface area contributed by atoms with E-state index in [4.69, 9.17) is 9.63 Å². The summed E-state index contributed by atoms with van der Waals surface area (Å²) < 4.78 is 9.60. The largest absolute Gasteiger partial charge is 0.477 e. The van der Waals surface area contributed by atoms with Gasteiger partial charge in [-0.3, -0.25) is 0 Å². The molecule has 0 bridgehead atoms. The number of hydrogen-bond acceptors (Lipinski definition) is 5. The minimum absolute atomic E-state index is 0.0193. The van der Waals surface area contributed by atoms with Crippen LogP contribution in [0.4, 0.5) is 0 Å². The molecule has 19 heavy (non-hydrogen) atoms. The molecule has 0 aliphatic rings. The molecule has 0 saturated carbocycles. The lowest BCUT2D eigenvalue weighted by Crippen LogP contribution is -2.01. The second kappa shape index (κ2) is 4.93. The smallest absolute Gasteiger partial charge is 0.341 e. The van der Waals surface area contributed by atoms with Crippen LogP contribution in [0.25, 0.3) is 11.3 Å². The van der Waals surface area contributed by atoms with Crippen molar-refractivity contribution >= 4 is 11.9 Å². The van der Waals surface area contributed by atoms with E-state index in [-0.39, 0.29) is 11.3 Å². The van der Waals surface area contributed by atoms with E-state index in [0.29, 0.717) is 16.8 Å². The molecule has 6 heteroatoms. The standard InChI is InChI=1S/C13H11NO5/c1-7-10(12(15)16)11(19-14-7)8-3-5-9(6-4-8)13(17)18-2/h3-6H,1-2H3,(H,15,16). The first-order valence-electron chi connectivity index (χ1n) is 5.43. The van der Waals surface area contributed by atoms with Gasteiger partial charge in [0.25, 0.3) is 0 Å². The predicted octanol–water partition coefficient (Wildman–Crippen LogP) is 2.13. The number of carbonyl (C=O) groups excluding carboxylic acids is 1. The molecule has 0 spiro atoms. The highest BCUT2D eigenvalue weighted by Gasteiger charge is 2.21. The summed E-state index contributed by atoms with van der Waals surface area (Å²) in [5.74, 6) is -1.40. The second-order valence-corrected chi connectivity index (χ2v) is 3.85. The van der Waals surface area contributed by atoms with Gasteiger partial charge in [-0.1, -0.05) is 17.3 Å². The first kappa shape index (κ1) is 12.8. The van der Waals surface area contributed by atoms with Crippen LogP contribution in [0.15, 0.2) is 28.8 Å². The van der Waals surface area contributed by atoms with Crippen LogP contribution in [0.2, 0.25) is 0 Å². The fourth-order valence-corrected chi connectivity index (χ4v) is 1.69. The molecule has 1 N–H and O–H groups in total. The zero-order valence-electron chi connectivity index (χ0n) is 10.3. The molecular formula is C13H11NO5. The summed E-state index contributed by atoms with van der Waals surface area (Å²) in [5, 5.41) is 12.7. The third kappa shape index (κ3) is 2.33. The van der Waals surface area contributed by atoms with Gasteiger partial charge in [0.05, 0.1) is 18.4 Å². The van der Waals surface area contributed by atoms with Crippen LogP contribution in [-0.4, -0.2) is 29.3 Å². The van der Waals surface area contributed by atoms with E-state index in [1.165, 1.54) is 19.2 Å². The Morgan fingerprint density at radius 1 is 1.26 bits per heavy atom. The number of rotatable bonds is 3. The first-order chi connectivity index (χ1) is 9.04. The van der Waals surface area contributed by atoms with Crippen LogP contribution in [0.1, 0.15) is 26.4 Å². The van der Waals surface area contributed by atoms with Gasteiger partial charge < -0.3 is 14.4 Å². The average Bonchev–Trinajstić information content (AvgIpc) is 2.80. The first-order valence-corrected chi connectivity index (χ1v) is 5.43. The molecule has 0 fully saturated rings. The van der Waals surface area contributed by atoms with E-state index in [1.54, 1.807) is 19.1 Å². The number of carboxylic acids is 1. The maximum Gasteiger partial charge on any atom is 0.341 e. The molecule has 2 rings (SSSR count). The van der Waals surface area contributed by atoms with Crippen LogP contribution >= 0.6 is 0 Å². The highest BCUT2D eigenvalue weighted by Crippen LogP contribution is 2.26. The number of esters is 1. The number of ether oxygens (including phenoxy) is 1. The van der Waals surface area contributed by atoms with Gasteiger partial charge in [-0.25, -0.2) is 9.59 Å². The Hall–Kier alpha value is -2.63. The minimum Gasteiger partial charge on any atom is -0.477 e. The Morgan fingerprint density at radius 3 is 2.42 bits per heavy atom. The van der Waals surface area contributed by atoms with E-state index in [9.17, 15) is 9.59 Å². The van der Waals surface area contributed by atoms with Gasteiger partial charge in [0.1, 0.15) is 5.56 Å². The van der Waals surface area contributed by atoms with Gasteiger partial charge in [-0.15, -0.1) is 0 Å². The molecule has 0 radical (unpaired) electrons. The van der Waals surface area contributed by atoms with E-state index in [0.717, 1.165) is 0 Å². The third-order valence-electron chi connectivity index (χ3n) is 2.64. The lowest BCUT2D eigenvalue weighted by atomic mass is 10.1. The highest BCUT2D eigenvalue weighted by atomic mass is 16.5. The summed E-state index contributed by atoms with van der Waals surface area (Å²) in [6.07, 6.45) is 0. The Labute approximate surface area is 108 Å². The molecular weight excluding hydrogens is 250 g/mol. The lowest BCUT2D eigenvalue weighted by molar-refractivity contribution is 0.0599. The number of aromatic carboxylic acids is 1. The van der Waals surface area contributed by atoms with E-state index in [1.807, 2.05) is 0 Å². The Kier molecular flexibility index (Phi) is 3.33. The number of aromatic nitrogens is 1. The van der Waals surface area contributed by atoms with Crippen LogP contribution in [0.5, 0.6) is 0 Å². The zero-order valence-corrected chi connectivity index (χ0v) is 10.3. The van der Waals surface area contributed by atoms with Crippen molar-refractivity contribution in [3.63, 3.8) is 0 Å². The van der Waals surface area contributed by atoms with Gasteiger partial charge in [-0.05, 0) is 19.1 Å². The lowest BCUT2D eigenvalue weighted by Gasteiger charge is -2.01. The van der Waals surface area contributed by atoms with Gasteiger partial charge in [0, 0.05) is 5.56 Å². The zero-order chi connectivity index (χ0) is 14.0. The summed E-state index contributed by atoms with van der Waals surface area (Å²) in [5.41, 5.74) is 1.23. The number of methoxy groups -OCH3 is 1. The molecule has 2 aromatic rings. The molecule has 0 unspecified atom stereocenters. The van der Waals surface area contributed by atoms with Crippen molar-refractivity contribution < 1.29 is 24.0 Å². The Balaban J connectivity index is 2.43. The molecule has 0 atom stereocenters. The van der Waals surface area contributed by atoms with E-state index in [2.05, 4.69) is 9.89 Å². The van der Waals surface area contributed by atoms with Crippen molar-refractivity contribution in [3.05, 3.63) is 41.1 Å². The quantitative estimate of drug-likeness (QED) is 0.851. The minimum atomic E-state index is -1.11. The fourth-order valence-electron chi connectivity index (χ4n) is 1.69. The summed E-state index contributed by atoms with van der Waals surface area (Å²) in [6.45, 7) is 1.55. The molecule has 0 amide bonds. The van der Waals surface area contributed by atoms with Crippen LogP contribution in [0, 0.1) is 6.92 Å². The van der Waals surface area contributed by atoms with Crippen molar-refractivity contribution in [2.45, 2.75) is 6.92 Å². The van der Waals surface area contributed by atoms with Gasteiger partial charge in [0.2, 0.25) is 0 Å². The topological polar surface area (TPSA) is 89.6 Å². The van der Waals surface area contributed by atoms with Crippen molar-refractivity contribution in [1.29, 1.82) is 0 Å². The van der Waals surface area contributed by atoms with Crippen molar-refractivity contribution in [2.75, 3.05) is 7.11 Å². The van der Waals surface area contributed by atoms with E-state index >= 15 is 0 Å². The van der Waals surface area contributed by atoms with Crippen molar-refractivity contribution in [3.8, 4) is 11.3 Å². The number of carbonyl (C=O) groups is 2. The second-order valence-electron chi connectivity index (χ2n) is 3.85. The number of nitrogens with zero attached hydrogens (tertiary/aromatic N) is 1. The van der Waals surface area contributed by atoms with Crippen molar-refractivity contribution in [2.24, 2.45) is 0 Å². The molecule has 0 saturated heterocycles. The van der Waals surface area contributed by atoms with Gasteiger partial charge in [-0.2, -0.15) is 0 Å². The molecule has 0 aliphatic heterocycles. The number of benzene rings is 1. The molecule has 6 nitrogen and oxygen atoms in total. The molecule has 1 aromatic carbocycles. The molecule has 1 heterocycles. The summed E-state index contributed by atoms with van der Waals surface area (Å²) >= 11 is 0. The van der Waals surface area contributed by atoms with Crippen LogP contribution in [0.3, 0.4) is 0 Å². The summed E-state index contributed by atoms with van der Waals surface area (Å²) in [4.78, 5) is 22.4. The fraction of sp³-hybridized carbons (Fsp3) is 0.154. The van der Waals surface area contributed by atoms with Crippen molar-refractivity contribution in [1.82, 2.24) is 5.16 Å². The third-order valence-corrected chi connectivity index (χ3v) is 2.64. The molecule has 0 aliphatic carbocycles. The summed E-state index contributed by atoms with van der Waals surface area (Å²) in [6, 6.07) is 6.23. The number of carboxylic acid groups (broad SMARTS) is 1. The van der Waals surface area contributed by atoms with E-state index < -0.39 is 11.9 Å². The van der Waals surface area contributed by atoms with Crippen LogP contribution < -0.4 is 0 Å². The van der Waals surface area contributed by atoms with Gasteiger partial charge >= 0.3 is 11.9 Å². The van der Waals surface area contributed by atoms with Gasteiger partial charge in [0.15, 0.2) is 5.76 Å². The number of aryl methyl sites for hydroxylation is 1. The Morgan fingerprint density at radius 2 is 1.89 bits per heavy atom. The molecule has 1 aromatic heterocycles.